The maximum absolute atomic E-state index is 12.6. The Kier molecular flexibility index (Phi) is 6.21. The zero-order chi connectivity index (χ0) is 20.0. The van der Waals surface area contributed by atoms with Crippen LogP contribution >= 0.6 is 0 Å². The Morgan fingerprint density at radius 3 is 2.19 bits per heavy atom. The van der Waals surface area contributed by atoms with Crippen molar-refractivity contribution in [3.05, 3.63) is 47.5 Å². The Labute approximate surface area is 154 Å². The first kappa shape index (κ1) is 19.6. The summed E-state index contributed by atoms with van der Waals surface area (Å²) in [6.45, 7) is -0.399. The van der Waals surface area contributed by atoms with E-state index in [1.807, 2.05) is 0 Å². The molecule has 9 nitrogen and oxygen atoms in total. The van der Waals surface area contributed by atoms with Crippen LogP contribution in [0.5, 0.6) is 17.2 Å². The number of hydrogen-bond donors (Lipinski definition) is 3. The molecule has 0 bridgehead atoms. The van der Waals surface area contributed by atoms with Crippen LogP contribution in [0.25, 0.3) is 0 Å². The molecule has 0 heterocycles. The summed E-state index contributed by atoms with van der Waals surface area (Å²) in [6, 6.07) is 8.75. The lowest BCUT2D eigenvalue weighted by Gasteiger charge is -2.15. The van der Waals surface area contributed by atoms with Crippen molar-refractivity contribution in [1.82, 2.24) is 0 Å². The summed E-state index contributed by atoms with van der Waals surface area (Å²) in [5.74, 6) is -2.04. The second-order valence-electron chi connectivity index (χ2n) is 5.27. The van der Waals surface area contributed by atoms with Crippen LogP contribution in [0.2, 0.25) is 0 Å². The molecule has 0 aliphatic heterocycles. The number of aromatic carboxylic acids is 1. The number of nitrogens with one attached hydrogen (secondary N) is 1. The average molecular weight is 374 g/mol. The van der Waals surface area contributed by atoms with Gasteiger partial charge in [0.05, 0.1) is 25.5 Å². The van der Waals surface area contributed by atoms with Gasteiger partial charge in [-0.05, 0) is 24.3 Å². The minimum absolute atomic E-state index is 0.0498. The van der Waals surface area contributed by atoms with Crippen molar-refractivity contribution in [3.8, 4) is 17.2 Å². The molecule has 2 amide bonds. The number of carbonyl (C=O) groups is 3. The Morgan fingerprint density at radius 2 is 1.67 bits per heavy atom. The van der Waals surface area contributed by atoms with E-state index in [0.29, 0.717) is 0 Å². The number of nitrogens with two attached hydrogens (primary N) is 1. The highest BCUT2D eigenvalue weighted by Crippen LogP contribution is 2.38. The number of methoxy groups -OCH3 is 2. The second-order valence-corrected chi connectivity index (χ2v) is 5.27. The third-order valence-electron chi connectivity index (χ3n) is 3.49. The Morgan fingerprint density at radius 1 is 1.07 bits per heavy atom. The highest BCUT2D eigenvalue weighted by Gasteiger charge is 2.19. The molecule has 0 saturated carbocycles. The number of carbonyl (C=O) groups excluding carboxylic acids is 2. The van der Waals surface area contributed by atoms with Gasteiger partial charge in [0, 0.05) is 5.56 Å². The van der Waals surface area contributed by atoms with E-state index in [-0.39, 0.29) is 34.1 Å². The molecule has 142 valence electrons. The molecule has 0 spiro atoms. The molecule has 0 unspecified atom stereocenters. The second kappa shape index (κ2) is 8.56. The smallest absolute Gasteiger partial charge is 0.337 e. The van der Waals surface area contributed by atoms with Crippen molar-refractivity contribution < 1.29 is 33.7 Å². The molecule has 0 aromatic heterocycles. The van der Waals surface area contributed by atoms with Gasteiger partial charge in [-0.3, -0.25) is 9.59 Å². The van der Waals surface area contributed by atoms with E-state index in [0.717, 1.165) is 0 Å². The molecule has 0 atom stereocenters. The number of anilines is 1. The fourth-order valence-corrected chi connectivity index (χ4v) is 2.27. The Bertz CT molecular complexity index is 855. The van der Waals surface area contributed by atoms with E-state index in [1.54, 1.807) is 12.1 Å². The summed E-state index contributed by atoms with van der Waals surface area (Å²) < 4.78 is 15.7. The van der Waals surface area contributed by atoms with Gasteiger partial charge in [0.15, 0.2) is 18.1 Å². The zero-order valence-electron chi connectivity index (χ0n) is 14.6. The molecular formula is C18H18N2O7. The molecule has 0 fully saturated rings. The van der Waals surface area contributed by atoms with Crippen LogP contribution in [0.4, 0.5) is 5.69 Å². The van der Waals surface area contributed by atoms with Gasteiger partial charge in [-0.2, -0.15) is 0 Å². The fraction of sp³-hybridized carbons (Fsp3) is 0.167. The standard InChI is InChI=1S/C18H18N2O7/c1-25-13-7-10(8-14(26-2)16(13)27-9-15(19)21)17(22)20-12-6-4-3-5-11(12)18(23)24/h3-8H,9H2,1-2H3,(H2,19,21)(H,20,22)(H,23,24). The fourth-order valence-electron chi connectivity index (χ4n) is 2.27. The van der Waals surface area contributed by atoms with Crippen LogP contribution in [-0.4, -0.2) is 43.7 Å². The van der Waals surface area contributed by atoms with Gasteiger partial charge >= 0.3 is 5.97 Å². The minimum atomic E-state index is -1.17. The topological polar surface area (TPSA) is 137 Å². The van der Waals surface area contributed by atoms with E-state index >= 15 is 0 Å². The van der Waals surface area contributed by atoms with Crippen molar-refractivity contribution in [2.75, 3.05) is 26.1 Å². The summed E-state index contributed by atoms with van der Waals surface area (Å²) in [6.07, 6.45) is 0. The van der Waals surface area contributed by atoms with Crippen LogP contribution in [0, 0.1) is 0 Å². The number of carboxylic acid groups (broad SMARTS) is 1. The summed E-state index contributed by atoms with van der Waals surface area (Å²) >= 11 is 0. The monoisotopic (exact) mass is 374 g/mol. The van der Waals surface area contributed by atoms with E-state index in [1.165, 1.54) is 38.5 Å². The average Bonchev–Trinajstić information content (AvgIpc) is 2.65. The largest absolute Gasteiger partial charge is 0.493 e. The summed E-state index contributed by atoms with van der Waals surface area (Å²) in [5, 5.41) is 11.7. The lowest BCUT2D eigenvalue weighted by Crippen LogP contribution is -2.20. The maximum atomic E-state index is 12.6. The van der Waals surface area contributed by atoms with Gasteiger partial charge in [-0.25, -0.2) is 4.79 Å². The first-order chi connectivity index (χ1) is 12.9. The molecule has 0 radical (unpaired) electrons. The van der Waals surface area contributed by atoms with Crippen molar-refractivity contribution in [3.63, 3.8) is 0 Å². The third-order valence-corrected chi connectivity index (χ3v) is 3.49. The van der Waals surface area contributed by atoms with Gasteiger partial charge < -0.3 is 30.4 Å². The molecule has 0 aliphatic carbocycles. The van der Waals surface area contributed by atoms with E-state index in [2.05, 4.69) is 5.32 Å². The number of ether oxygens (including phenoxy) is 3. The van der Waals surface area contributed by atoms with Crippen molar-refractivity contribution in [2.24, 2.45) is 5.73 Å². The normalized spacial score (nSPS) is 10.0. The molecular weight excluding hydrogens is 356 g/mol. The predicted octanol–water partition coefficient (Wildman–Crippen LogP) is 1.52. The van der Waals surface area contributed by atoms with Crippen LogP contribution < -0.4 is 25.3 Å². The molecule has 0 aliphatic rings. The predicted molar refractivity (Wildman–Crippen MR) is 95.6 cm³/mol. The van der Waals surface area contributed by atoms with Crippen LogP contribution in [0.1, 0.15) is 20.7 Å². The van der Waals surface area contributed by atoms with Gasteiger partial charge in [0.25, 0.3) is 11.8 Å². The van der Waals surface area contributed by atoms with Crippen molar-refractivity contribution >= 4 is 23.5 Å². The molecule has 27 heavy (non-hydrogen) atoms. The Hall–Kier alpha value is -3.75. The van der Waals surface area contributed by atoms with Crippen LogP contribution in [0.3, 0.4) is 0 Å². The van der Waals surface area contributed by atoms with Gasteiger partial charge in [-0.1, -0.05) is 12.1 Å². The lowest BCUT2D eigenvalue weighted by molar-refractivity contribution is -0.120. The molecule has 2 rings (SSSR count). The summed E-state index contributed by atoms with van der Waals surface area (Å²) in [5.41, 5.74) is 5.29. The number of carboxylic acids is 1. The quantitative estimate of drug-likeness (QED) is 0.637. The molecule has 2 aromatic rings. The zero-order valence-corrected chi connectivity index (χ0v) is 14.6. The highest BCUT2D eigenvalue weighted by atomic mass is 16.5. The molecule has 4 N–H and O–H groups in total. The number of para-hydroxylation sites is 1. The number of benzene rings is 2. The van der Waals surface area contributed by atoms with E-state index in [4.69, 9.17) is 19.9 Å². The van der Waals surface area contributed by atoms with Crippen molar-refractivity contribution in [2.45, 2.75) is 0 Å². The van der Waals surface area contributed by atoms with E-state index in [9.17, 15) is 19.5 Å². The lowest BCUT2D eigenvalue weighted by atomic mass is 10.1. The molecule has 2 aromatic carbocycles. The first-order valence-electron chi connectivity index (χ1n) is 7.68. The van der Waals surface area contributed by atoms with Crippen LogP contribution in [0.15, 0.2) is 36.4 Å². The van der Waals surface area contributed by atoms with E-state index < -0.39 is 24.4 Å². The van der Waals surface area contributed by atoms with Gasteiger partial charge in [-0.15, -0.1) is 0 Å². The summed E-state index contributed by atoms with van der Waals surface area (Å²) in [4.78, 5) is 34.8. The SMILES string of the molecule is COc1cc(C(=O)Nc2ccccc2C(=O)O)cc(OC)c1OCC(N)=O. The first-order valence-corrected chi connectivity index (χ1v) is 7.68. The van der Waals surface area contributed by atoms with Gasteiger partial charge in [0.1, 0.15) is 0 Å². The minimum Gasteiger partial charge on any atom is -0.493 e. The molecule has 9 heteroatoms. The number of amides is 2. The highest BCUT2D eigenvalue weighted by molar-refractivity contribution is 6.08. The third kappa shape index (κ3) is 4.66. The summed E-state index contributed by atoms with van der Waals surface area (Å²) in [7, 11) is 2.71. The van der Waals surface area contributed by atoms with Crippen LogP contribution in [-0.2, 0) is 4.79 Å². The maximum Gasteiger partial charge on any atom is 0.337 e. The Balaban J connectivity index is 2.37. The number of rotatable bonds is 8. The van der Waals surface area contributed by atoms with Gasteiger partial charge in [0.2, 0.25) is 5.75 Å². The number of primary amides is 1. The molecule has 0 saturated heterocycles. The number of hydrogen-bond acceptors (Lipinski definition) is 6. The van der Waals surface area contributed by atoms with Crippen molar-refractivity contribution in [1.29, 1.82) is 0 Å².